The van der Waals surface area contributed by atoms with Crippen molar-refractivity contribution in [2.24, 2.45) is 0 Å². The normalized spacial score (nSPS) is 11.9. The monoisotopic (exact) mass is 456 g/mol. The van der Waals surface area contributed by atoms with Crippen molar-refractivity contribution in [1.82, 2.24) is 19.9 Å². The number of rotatable bonds is 5. The summed E-state index contributed by atoms with van der Waals surface area (Å²) in [6.07, 6.45) is 4.73. The van der Waals surface area contributed by atoms with Gasteiger partial charge in [-0.3, -0.25) is 0 Å². The molecule has 0 unspecified atom stereocenters. The lowest BCUT2D eigenvalue weighted by Crippen LogP contribution is -1.90. The predicted octanol–water partition coefficient (Wildman–Crippen LogP) is 8.38. The van der Waals surface area contributed by atoms with Gasteiger partial charge >= 0.3 is 0 Å². The van der Waals surface area contributed by atoms with E-state index in [1.807, 2.05) is 12.2 Å². The topological polar surface area (TPSA) is 57.4 Å². The maximum atomic E-state index is 4.96. The minimum absolute atomic E-state index is 0.313. The number of imidazole rings is 2. The first-order valence-corrected chi connectivity index (χ1v) is 12.2. The van der Waals surface area contributed by atoms with Crippen molar-refractivity contribution in [3.8, 4) is 11.1 Å². The van der Waals surface area contributed by atoms with Crippen molar-refractivity contribution in [1.29, 1.82) is 0 Å². The zero-order valence-corrected chi connectivity index (χ0v) is 20.4. The number of aromatic nitrogens is 4. The summed E-state index contributed by atoms with van der Waals surface area (Å²) < 4.78 is 0. The number of aryl methyl sites for hydroxylation is 1. The quantitative estimate of drug-likeness (QED) is 0.274. The van der Waals surface area contributed by atoms with E-state index in [1.54, 1.807) is 0 Å². The van der Waals surface area contributed by atoms with Gasteiger partial charge in [-0.05, 0) is 45.7 Å². The molecule has 4 nitrogen and oxygen atoms in total. The average Bonchev–Trinajstić information content (AvgIpc) is 3.52. The van der Waals surface area contributed by atoms with E-state index in [-0.39, 0.29) is 0 Å². The largest absolute Gasteiger partial charge is 0.342 e. The van der Waals surface area contributed by atoms with Crippen LogP contribution in [0.3, 0.4) is 0 Å². The molecule has 2 aromatic heterocycles. The van der Waals surface area contributed by atoms with Gasteiger partial charge in [-0.2, -0.15) is 0 Å². The lowest BCUT2D eigenvalue weighted by atomic mass is 9.93. The molecule has 0 saturated heterocycles. The lowest BCUT2D eigenvalue weighted by Gasteiger charge is -2.12. The van der Waals surface area contributed by atoms with Gasteiger partial charge in [0.2, 0.25) is 0 Å². The fraction of sp³-hybridized carbons (Fsp3) is 0.161. The van der Waals surface area contributed by atoms with Gasteiger partial charge in [0.15, 0.2) is 0 Å². The average molecular weight is 457 g/mol. The summed E-state index contributed by atoms with van der Waals surface area (Å²) in [5.41, 5.74) is 8.60. The van der Waals surface area contributed by atoms with Gasteiger partial charge in [0.05, 0.1) is 22.1 Å². The second-order valence-electron chi connectivity index (χ2n) is 9.43. The molecule has 0 atom stereocenters. The molecule has 0 amide bonds. The summed E-state index contributed by atoms with van der Waals surface area (Å²) in [6, 6.07) is 17.6. The van der Waals surface area contributed by atoms with E-state index in [2.05, 4.69) is 92.4 Å². The van der Waals surface area contributed by atoms with Crippen LogP contribution in [-0.4, -0.2) is 19.9 Å². The fourth-order valence-corrected chi connectivity index (χ4v) is 5.12. The highest BCUT2D eigenvalue weighted by Gasteiger charge is 2.17. The molecule has 0 saturated carbocycles. The number of fused-ring (bicyclic) bond motifs is 6. The van der Waals surface area contributed by atoms with Crippen LogP contribution in [0.2, 0.25) is 0 Å². The zero-order valence-electron chi connectivity index (χ0n) is 20.4. The molecule has 172 valence electrons. The molecule has 0 spiro atoms. The molecule has 6 rings (SSSR count). The molecule has 0 fully saturated rings. The Bertz CT molecular complexity index is 1800. The van der Waals surface area contributed by atoms with Crippen LogP contribution in [0.1, 0.15) is 49.5 Å². The molecule has 0 aliphatic heterocycles. The van der Waals surface area contributed by atoms with Crippen molar-refractivity contribution in [3.05, 3.63) is 84.5 Å². The van der Waals surface area contributed by atoms with Gasteiger partial charge in [0.25, 0.3) is 0 Å². The van der Waals surface area contributed by atoms with E-state index in [1.165, 1.54) is 16.3 Å². The minimum atomic E-state index is 0.313. The van der Waals surface area contributed by atoms with Gasteiger partial charge in [-0.15, -0.1) is 0 Å². The Kier molecular flexibility index (Phi) is 4.85. The van der Waals surface area contributed by atoms with Crippen LogP contribution in [-0.2, 0) is 6.42 Å². The molecule has 6 aromatic rings. The molecular formula is C31H28N4. The first-order chi connectivity index (χ1) is 17.0. The summed E-state index contributed by atoms with van der Waals surface area (Å²) in [6.45, 7) is 14.6. The second-order valence-corrected chi connectivity index (χ2v) is 9.43. The molecule has 4 aromatic carbocycles. The summed E-state index contributed by atoms with van der Waals surface area (Å²) >= 11 is 0. The van der Waals surface area contributed by atoms with Crippen LogP contribution in [0.5, 0.6) is 0 Å². The molecule has 0 aliphatic rings. The highest BCUT2D eigenvalue weighted by Crippen LogP contribution is 2.37. The zero-order chi connectivity index (χ0) is 24.3. The highest BCUT2D eigenvalue weighted by molar-refractivity contribution is 6.13. The summed E-state index contributed by atoms with van der Waals surface area (Å²) in [4.78, 5) is 16.7. The summed E-state index contributed by atoms with van der Waals surface area (Å²) in [5, 5.41) is 4.61. The molecule has 2 N–H and O–H groups in total. The number of benzene rings is 4. The van der Waals surface area contributed by atoms with Gasteiger partial charge in [-0.1, -0.05) is 76.4 Å². The van der Waals surface area contributed by atoms with Crippen LogP contribution >= 0.6 is 0 Å². The number of aromatic amines is 2. The van der Waals surface area contributed by atoms with E-state index in [0.29, 0.717) is 5.92 Å². The van der Waals surface area contributed by atoms with Crippen LogP contribution in [0, 0.1) is 0 Å². The maximum absolute atomic E-state index is 4.96. The van der Waals surface area contributed by atoms with E-state index in [4.69, 9.17) is 9.97 Å². The molecule has 35 heavy (non-hydrogen) atoms. The number of H-pyrrole nitrogens is 2. The molecule has 0 bridgehead atoms. The summed E-state index contributed by atoms with van der Waals surface area (Å²) in [7, 11) is 0. The number of hydrogen-bond acceptors (Lipinski definition) is 2. The second kappa shape index (κ2) is 7.95. The van der Waals surface area contributed by atoms with E-state index >= 15 is 0 Å². The van der Waals surface area contributed by atoms with Crippen molar-refractivity contribution >= 4 is 55.8 Å². The minimum Gasteiger partial charge on any atom is -0.342 e. The van der Waals surface area contributed by atoms with Crippen molar-refractivity contribution < 1.29 is 0 Å². The smallest absolute Gasteiger partial charge is 0.109 e. The fourth-order valence-electron chi connectivity index (χ4n) is 5.12. The lowest BCUT2D eigenvalue weighted by molar-refractivity contribution is 0.799. The van der Waals surface area contributed by atoms with E-state index in [9.17, 15) is 0 Å². The van der Waals surface area contributed by atoms with E-state index < -0.39 is 0 Å². The Labute approximate surface area is 204 Å². The molecule has 0 radical (unpaired) electrons. The molecule has 0 aliphatic carbocycles. The van der Waals surface area contributed by atoms with Gasteiger partial charge < -0.3 is 9.97 Å². The van der Waals surface area contributed by atoms with Crippen molar-refractivity contribution in [2.75, 3.05) is 0 Å². The third kappa shape index (κ3) is 3.21. The van der Waals surface area contributed by atoms with Crippen molar-refractivity contribution in [3.63, 3.8) is 0 Å². The van der Waals surface area contributed by atoms with Crippen LogP contribution in [0.4, 0.5) is 0 Å². The molecule has 4 heteroatoms. The van der Waals surface area contributed by atoms with Gasteiger partial charge in [0.1, 0.15) is 11.6 Å². The first-order valence-electron chi connectivity index (χ1n) is 12.2. The maximum Gasteiger partial charge on any atom is 0.109 e. The Morgan fingerprint density at radius 2 is 1.54 bits per heavy atom. The molecule has 2 heterocycles. The van der Waals surface area contributed by atoms with Gasteiger partial charge in [0, 0.05) is 28.7 Å². The third-order valence-corrected chi connectivity index (χ3v) is 6.99. The number of nitrogens with zero attached hydrogens (tertiary/aromatic N) is 2. The Morgan fingerprint density at radius 3 is 2.26 bits per heavy atom. The Balaban J connectivity index is 1.58. The Morgan fingerprint density at radius 1 is 0.800 bits per heavy atom. The Hall–Kier alpha value is -4.18. The van der Waals surface area contributed by atoms with Crippen LogP contribution < -0.4 is 0 Å². The van der Waals surface area contributed by atoms with Crippen LogP contribution in [0.15, 0.2) is 61.7 Å². The number of nitrogens with one attached hydrogen (secondary N) is 2. The first kappa shape index (κ1) is 21.4. The summed E-state index contributed by atoms with van der Waals surface area (Å²) in [5.74, 6) is 2.32. The van der Waals surface area contributed by atoms with Gasteiger partial charge in [-0.25, -0.2) is 9.97 Å². The predicted molar refractivity (Wildman–Crippen MR) is 150 cm³/mol. The SMILES string of the molecule is C=Cc1c(C=C)c2[nH]c(C(C)C)nc2c2ccc(-c3ccc4c(ccc5[nH]c(CC)nc54)c3)cc12. The van der Waals surface area contributed by atoms with E-state index in [0.717, 1.165) is 67.6 Å². The van der Waals surface area contributed by atoms with Crippen molar-refractivity contribution in [2.45, 2.75) is 33.1 Å². The van der Waals surface area contributed by atoms with Crippen LogP contribution in [0.25, 0.3) is 66.9 Å². The standard InChI is InChI=1S/C31H28N4/c1-6-21-22(7-2)29-30(35-31(34-29)17(4)5)24-13-10-19(16-25(21)24)18-9-12-23-20(15-18)11-14-26-28(23)33-27(8-3)32-26/h6-7,9-17H,1-2,8H2,3-5H3,(H,32,33)(H,34,35). The number of hydrogen-bond donors (Lipinski definition) is 2. The third-order valence-electron chi connectivity index (χ3n) is 6.99. The molecular weight excluding hydrogens is 428 g/mol. The highest BCUT2D eigenvalue weighted by atomic mass is 14.9.